The first kappa shape index (κ1) is 26.0. The van der Waals surface area contributed by atoms with Gasteiger partial charge in [0.1, 0.15) is 5.60 Å². The number of methoxy groups -OCH3 is 3. The minimum atomic E-state index is -1.24. The Labute approximate surface area is 195 Å². The van der Waals surface area contributed by atoms with Crippen LogP contribution in [0, 0.1) is 0 Å². The lowest BCUT2D eigenvalue weighted by molar-refractivity contribution is -0.140. The molecule has 0 amide bonds. The van der Waals surface area contributed by atoms with E-state index in [2.05, 4.69) is 4.74 Å². The van der Waals surface area contributed by atoms with Crippen molar-refractivity contribution in [1.82, 2.24) is 0 Å². The highest BCUT2D eigenvalue weighted by molar-refractivity contribution is 8.03. The van der Waals surface area contributed by atoms with Gasteiger partial charge in [-0.05, 0) is 68.6 Å². The average molecular weight is 463 g/mol. The van der Waals surface area contributed by atoms with E-state index in [1.807, 2.05) is 30.5 Å². The first-order chi connectivity index (χ1) is 15.4. The molecule has 0 aromatic heterocycles. The minimum Gasteiger partial charge on any atom is -0.493 e. The summed E-state index contributed by atoms with van der Waals surface area (Å²) in [6.07, 6.45) is 10.9. The first-order valence-corrected chi connectivity index (χ1v) is 12.1. The van der Waals surface area contributed by atoms with Gasteiger partial charge in [0.15, 0.2) is 17.3 Å². The molecule has 0 saturated carbocycles. The van der Waals surface area contributed by atoms with Gasteiger partial charge in [0.05, 0.1) is 26.2 Å². The molecule has 0 heterocycles. The number of carbonyl (C=O) groups is 2. The number of hydrogen-bond donors (Lipinski definition) is 1. The summed E-state index contributed by atoms with van der Waals surface area (Å²) in [5.74, 6) is 1.07. The van der Waals surface area contributed by atoms with Gasteiger partial charge in [-0.3, -0.25) is 9.59 Å². The number of carbonyl (C=O) groups excluding carboxylic acids is 2. The van der Waals surface area contributed by atoms with Crippen molar-refractivity contribution in [3.63, 3.8) is 0 Å². The predicted molar refractivity (Wildman–Crippen MR) is 127 cm³/mol. The van der Waals surface area contributed by atoms with E-state index in [1.165, 1.54) is 18.9 Å². The van der Waals surface area contributed by atoms with E-state index in [0.29, 0.717) is 47.7 Å². The Morgan fingerprint density at radius 1 is 1.09 bits per heavy atom. The van der Waals surface area contributed by atoms with Gasteiger partial charge in [-0.25, -0.2) is 0 Å². The summed E-state index contributed by atoms with van der Waals surface area (Å²) in [7, 11) is 4.60. The molecule has 1 atom stereocenters. The summed E-state index contributed by atoms with van der Waals surface area (Å²) in [6, 6.07) is 5.80. The lowest BCUT2D eigenvalue weighted by Gasteiger charge is -2.22. The summed E-state index contributed by atoms with van der Waals surface area (Å²) >= 11 is 1.37. The fraction of sp³-hybridized carbons (Fsp3) is 0.520. The van der Waals surface area contributed by atoms with E-state index in [-0.39, 0.29) is 11.8 Å². The second kappa shape index (κ2) is 12.7. The third-order valence-corrected chi connectivity index (χ3v) is 6.40. The fourth-order valence-electron chi connectivity index (χ4n) is 3.85. The number of aryl methyl sites for hydroxylation is 1. The molecule has 0 bridgehead atoms. The van der Waals surface area contributed by atoms with Gasteiger partial charge >= 0.3 is 5.97 Å². The maximum Gasteiger partial charge on any atom is 0.305 e. The number of Topliss-reactive ketones (excluding diaryl/α,β-unsaturated/α-hetero) is 1. The van der Waals surface area contributed by atoms with Gasteiger partial charge in [-0.2, -0.15) is 0 Å². The van der Waals surface area contributed by atoms with Crippen LogP contribution < -0.4 is 9.47 Å². The summed E-state index contributed by atoms with van der Waals surface area (Å²) in [5, 5.41) is 11.3. The van der Waals surface area contributed by atoms with E-state index in [9.17, 15) is 14.7 Å². The molecule has 1 unspecified atom stereocenters. The maximum atomic E-state index is 12.8. The summed E-state index contributed by atoms with van der Waals surface area (Å²) in [4.78, 5) is 24.6. The van der Waals surface area contributed by atoms with Crippen LogP contribution in [-0.4, -0.2) is 50.0 Å². The molecule has 7 heteroatoms. The number of aliphatic hydroxyl groups is 1. The molecule has 176 valence electrons. The van der Waals surface area contributed by atoms with Gasteiger partial charge in [-0.1, -0.05) is 18.6 Å². The first-order valence-electron chi connectivity index (χ1n) is 10.9. The van der Waals surface area contributed by atoms with E-state index < -0.39 is 5.60 Å². The van der Waals surface area contributed by atoms with Crippen LogP contribution in [0.5, 0.6) is 11.5 Å². The molecule has 1 aromatic rings. The van der Waals surface area contributed by atoms with Crippen LogP contribution in [0.15, 0.2) is 40.8 Å². The molecule has 0 radical (unpaired) electrons. The lowest BCUT2D eigenvalue weighted by Crippen LogP contribution is -2.28. The smallest absolute Gasteiger partial charge is 0.305 e. The molecule has 0 fully saturated rings. The van der Waals surface area contributed by atoms with Crippen LogP contribution in [0.25, 0.3) is 0 Å². The summed E-state index contributed by atoms with van der Waals surface area (Å²) in [5.41, 5.74) is 0.320. The Balaban J connectivity index is 1.97. The number of ketones is 1. The van der Waals surface area contributed by atoms with Crippen molar-refractivity contribution < 1.29 is 28.9 Å². The second-order valence-electron chi connectivity index (χ2n) is 7.80. The number of ether oxygens (including phenoxy) is 3. The number of rotatable bonds is 13. The topological polar surface area (TPSA) is 82.1 Å². The van der Waals surface area contributed by atoms with Crippen molar-refractivity contribution in [2.45, 2.75) is 57.0 Å². The fourth-order valence-corrected chi connectivity index (χ4v) is 4.46. The lowest BCUT2D eigenvalue weighted by atomic mass is 9.89. The van der Waals surface area contributed by atoms with E-state index in [1.54, 1.807) is 20.3 Å². The zero-order valence-electron chi connectivity index (χ0n) is 19.4. The number of benzene rings is 1. The highest BCUT2D eigenvalue weighted by Crippen LogP contribution is 2.39. The minimum absolute atomic E-state index is 0.0827. The van der Waals surface area contributed by atoms with Gasteiger partial charge in [0.2, 0.25) is 0 Å². The maximum absolute atomic E-state index is 12.8. The molecular weight excluding hydrogens is 428 g/mol. The normalized spacial score (nSPS) is 19.2. The highest BCUT2D eigenvalue weighted by Gasteiger charge is 2.40. The molecule has 1 aliphatic carbocycles. The summed E-state index contributed by atoms with van der Waals surface area (Å²) < 4.78 is 15.3. The van der Waals surface area contributed by atoms with Crippen LogP contribution in [0.3, 0.4) is 0 Å². The van der Waals surface area contributed by atoms with Crippen LogP contribution in [0.1, 0.15) is 50.5 Å². The number of esters is 1. The molecule has 1 aliphatic rings. The molecule has 2 rings (SSSR count). The van der Waals surface area contributed by atoms with Crippen LogP contribution in [0.4, 0.5) is 0 Å². The molecular formula is C25H34O6S. The van der Waals surface area contributed by atoms with Gasteiger partial charge in [0, 0.05) is 12.0 Å². The van der Waals surface area contributed by atoms with Crippen LogP contribution >= 0.6 is 11.8 Å². The third-order valence-electron chi connectivity index (χ3n) is 5.66. The number of hydrogen-bond acceptors (Lipinski definition) is 7. The third kappa shape index (κ3) is 6.87. The van der Waals surface area contributed by atoms with Crippen molar-refractivity contribution in [3.05, 3.63) is 46.4 Å². The number of allylic oxidation sites excluding steroid dienone is 2. The van der Waals surface area contributed by atoms with Crippen molar-refractivity contribution in [2.75, 3.05) is 27.6 Å². The van der Waals surface area contributed by atoms with Crippen LogP contribution in [0.2, 0.25) is 0 Å². The Hall–Kier alpha value is -2.25. The molecule has 0 spiro atoms. The monoisotopic (exact) mass is 462 g/mol. The molecule has 1 aromatic carbocycles. The van der Waals surface area contributed by atoms with E-state index in [4.69, 9.17) is 9.47 Å². The molecule has 1 N–H and O–H groups in total. The Morgan fingerprint density at radius 3 is 2.50 bits per heavy atom. The number of thioether (sulfide) groups is 1. The summed E-state index contributed by atoms with van der Waals surface area (Å²) in [6.45, 7) is 0. The SMILES string of the molecule is COC(=O)CCCCC/C=C1\C(=O)C(SC)=CC1(O)CCCc1ccc(OC)c(OC)c1. The molecule has 6 nitrogen and oxygen atoms in total. The standard InChI is InChI=1S/C25H34O6S/c1-29-20-14-13-18(16-21(20)30-2)10-9-15-25(28)17-22(32-4)24(27)19(25)11-7-5-6-8-12-23(26)31-3/h11,13-14,16-17,28H,5-10,12,15H2,1-4H3/b19-11+. The Bertz CT molecular complexity index is 860. The largest absolute Gasteiger partial charge is 0.493 e. The van der Waals surface area contributed by atoms with Crippen molar-refractivity contribution >= 4 is 23.5 Å². The van der Waals surface area contributed by atoms with Crippen molar-refractivity contribution in [3.8, 4) is 11.5 Å². The van der Waals surface area contributed by atoms with E-state index >= 15 is 0 Å². The predicted octanol–water partition coefficient (Wildman–Crippen LogP) is 4.64. The van der Waals surface area contributed by atoms with Gasteiger partial charge in [-0.15, -0.1) is 11.8 Å². The Morgan fingerprint density at radius 2 is 1.84 bits per heavy atom. The molecule has 32 heavy (non-hydrogen) atoms. The molecule has 0 aliphatic heterocycles. The van der Waals surface area contributed by atoms with E-state index in [0.717, 1.165) is 31.2 Å². The Kier molecular flexibility index (Phi) is 10.3. The molecule has 0 saturated heterocycles. The quantitative estimate of drug-likeness (QED) is 0.260. The zero-order valence-corrected chi connectivity index (χ0v) is 20.3. The van der Waals surface area contributed by atoms with Crippen molar-refractivity contribution in [1.29, 1.82) is 0 Å². The van der Waals surface area contributed by atoms with Gasteiger partial charge < -0.3 is 19.3 Å². The van der Waals surface area contributed by atoms with Crippen LogP contribution in [-0.2, 0) is 20.7 Å². The zero-order chi connectivity index (χ0) is 23.6. The second-order valence-corrected chi connectivity index (χ2v) is 8.65. The number of unbranched alkanes of at least 4 members (excludes halogenated alkanes) is 3. The van der Waals surface area contributed by atoms with Gasteiger partial charge in [0.25, 0.3) is 0 Å². The van der Waals surface area contributed by atoms with Crippen molar-refractivity contribution in [2.24, 2.45) is 0 Å². The highest BCUT2D eigenvalue weighted by atomic mass is 32.2. The average Bonchev–Trinajstić information content (AvgIpc) is 3.05.